The van der Waals surface area contributed by atoms with Crippen LogP contribution in [0.1, 0.15) is 47.6 Å². The monoisotopic (exact) mass is 475 g/mol. The van der Waals surface area contributed by atoms with Gasteiger partial charge in [-0.3, -0.25) is 20.0 Å². The number of nitrogens with one attached hydrogen (secondary N) is 1. The van der Waals surface area contributed by atoms with Gasteiger partial charge in [0.25, 0.3) is 0 Å². The van der Waals surface area contributed by atoms with Crippen LogP contribution in [-0.4, -0.2) is 38.5 Å². The minimum absolute atomic E-state index is 0.120. The minimum Gasteiger partial charge on any atom is -0.506 e. The van der Waals surface area contributed by atoms with Gasteiger partial charge in [-0.15, -0.1) is 0 Å². The van der Waals surface area contributed by atoms with Crippen LogP contribution in [0.4, 0.5) is 10.5 Å². The summed E-state index contributed by atoms with van der Waals surface area (Å²) < 4.78 is 0. The molecule has 0 saturated carbocycles. The summed E-state index contributed by atoms with van der Waals surface area (Å²) in [5.74, 6) is -0.453. The summed E-state index contributed by atoms with van der Waals surface area (Å²) in [5, 5.41) is 25.3. The predicted molar refractivity (Wildman–Crippen MR) is 133 cm³/mol. The summed E-state index contributed by atoms with van der Waals surface area (Å²) in [6.45, 7) is 3.16. The number of carbonyl (C=O) groups excluding carboxylic acids is 1. The second-order valence-electron chi connectivity index (χ2n) is 8.77. The number of pyridine rings is 1. The molecule has 2 heterocycles. The smallest absolute Gasteiger partial charge is 0.316 e. The Morgan fingerprint density at radius 2 is 2.06 bits per heavy atom. The lowest BCUT2D eigenvalue weighted by molar-refractivity contribution is -0.540. The lowest BCUT2D eigenvalue weighted by Gasteiger charge is -2.42. The molecule has 2 amide bonds. The summed E-state index contributed by atoms with van der Waals surface area (Å²) in [7, 11) is 0. The predicted octanol–water partition coefficient (Wildman–Crippen LogP) is 4.22. The SMILES string of the molecule is CCc1ccccc1[C@H]1CCN(Cc2cccnc2)[C@@H](c2ccc(O)c(NC(N)=O)c2)[C@@H]1[N+](=O)[O-]. The maximum absolute atomic E-state index is 12.7. The summed E-state index contributed by atoms with van der Waals surface area (Å²) in [6.07, 6.45) is 4.86. The Bertz CT molecular complexity index is 1200. The van der Waals surface area contributed by atoms with E-state index in [9.17, 15) is 20.0 Å². The Hall–Kier alpha value is -3.98. The molecule has 3 atom stereocenters. The molecular formula is C26H29N5O4. The fourth-order valence-electron chi connectivity index (χ4n) is 5.15. The first-order valence-corrected chi connectivity index (χ1v) is 11.6. The number of nitrogens with two attached hydrogens (primary N) is 1. The average Bonchev–Trinajstić information content (AvgIpc) is 2.85. The van der Waals surface area contributed by atoms with Crippen molar-refractivity contribution < 1.29 is 14.8 Å². The molecule has 1 aliphatic heterocycles. The number of hydrogen-bond donors (Lipinski definition) is 3. The highest BCUT2D eigenvalue weighted by Crippen LogP contribution is 2.44. The van der Waals surface area contributed by atoms with Crippen LogP contribution < -0.4 is 11.1 Å². The molecule has 0 spiro atoms. The fourth-order valence-corrected chi connectivity index (χ4v) is 5.15. The quantitative estimate of drug-likeness (QED) is 0.266. The van der Waals surface area contributed by atoms with Crippen molar-refractivity contribution in [2.24, 2.45) is 5.73 Å². The van der Waals surface area contributed by atoms with E-state index < -0.39 is 18.1 Å². The number of aromatic nitrogens is 1. The highest BCUT2D eigenvalue weighted by Gasteiger charge is 2.48. The van der Waals surface area contributed by atoms with E-state index in [2.05, 4.69) is 22.1 Å². The van der Waals surface area contributed by atoms with Gasteiger partial charge in [0.1, 0.15) is 11.8 Å². The van der Waals surface area contributed by atoms with E-state index in [0.717, 1.165) is 23.1 Å². The molecule has 0 radical (unpaired) electrons. The number of amides is 2. The Morgan fingerprint density at radius 3 is 2.74 bits per heavy atom. The number of nitrogens with zero attached hydrogens (tertiary/aromatic N) is 3. The number of aryl methyl sites for hydroxylation is 1. The summed E-state index contributed by atoms with van der Waals surface area (Å²) >= 11 is 0. The van der Waals surface area contributed by atoms with Crippen molar-refractivity contribution in [3.8, 4) is 5.75 Å². The number of aromatic hydroxyl groups is 1. The van der Waals surface area contributed by atoms with Crippen LogP contribution in [0, 0.1) is 10.1 Å². The van der Waals surface area contributed by atoms with E-state index in [0.29, 0.717) is 25.1 Å². The number of primary amides is 1. The fraction of sp³-hybridized carbons (Fsp3) is 0.308. The molecule has 2 aromatic carbocycles. The molecule has 1 fully saturated rings. The van der Waals surface area contributed by atoms with Gasteiger partial charge in [0.2, 0.25) is 6.04 Å². The van der Waals surface area contributed by atoms with Gasteiger partial charge in [0.05, 0.1) is 11.6 Å². The van der Waals surface area contributed by atoms with E-state index >= 15 is 0 Å². The van der Waals surface area contributed by atoms with E-state index in [1.807, 2.05) is 36.4 Å². The van der Waals surface area contributed by atoms with Crippen molar-refractivity contribution >= 4 is 11.7 Å². The number of urea groups is 1. The third-order valence-corrected chi connectivity index (χ3v) is 6.66. The Balaban J connectivity index is 1.82. The minimum atomic E-state index is -0.945. The van der Waals surface area contributed by atoms with Gasteiger partial charge in [0.15, 0.2) is 0 Å². The molecule has 0 bridgehead atoms. The van der Waals surface area contributed by atoms with Crippen LogP contribution in [0.3, 0.4) is 0 Å². The third kappa shape index (κ3) is 5.25. The van der Waals surface area contributed by atoms with E-state index in [-0.39, 0.29) is 22.3 Å². The molecule has 35 heavy (non-hydrogen) atoms. The van der Waals surface area contributed by atoms with E-state index in [1.165, 1.54) is 6.07 Å². The van der Waals surface area contributed by atoms with E-state index in [4.69, 9.17) is 5.73 Å². The van der Waals surface area contributed by atoms with Gasteiger partial charge in [-0.1, -0.05) is 43.3 Å². The van der Waals surface area contributed by atoms with Crippen molar-refractivity contribution in [1.82, 2.24) is 9.88 Å². The first-order valence-electron chi connectivity index (χ1n) is 11.6. The van der Waals surface area contributed by atoms with Crippen molar-refractivity contribution in [2.45, 2.75) is 44.3 Å². The molecule has 0 aliphatic carbocycles. The van der Waals surface area contributed by atoms with Crippen LogP contribution in [-0.2, 0) is 13.0 Å². The number of phenolic OH excluding ortho intramolecular Hbond substituents is 1. The van der Waals surface area contributed by atoms with Gasteiger partial charge in [-0.05, 0) is 53.3 Å². The number of rotatable bonds is 7. The van der Waals surface area contributed by atoms with Gasteiger partial charge >= 0.3 is 6.03 Å². The maximum atomic E-state index is 12.7. The number of likely N-dealkylation sites (tertiary alicyclic amines) is 1. The zero-order chi connectivity index (χ0) is 24.9. The largest absolute Gasteiger partial charge is 0.506 e. The highest BCUT2D eigenvalue weighted by molar-refractivity contribution is 5.89. The molecule has 1 aromatic heterocycles. The number of carbonyl (C=O) groups is 1. The lowest BCUT2D eigenvalue weighted by Crippen LogP contribution is -2.49. The second kappa shape index (κ2) is 10.5. The molecule has 182 valence electrons. The lowest BCUT2D eigenvalue weighted by atomic mass is 9.76. The normalized spacial score (nSPS) is 20.3. The number of anilines is 1. The van der Waals surface area contributed by atoms with Crippen LogP contribution in [0.15, 0.2) is 67.0 Å². The highest BCUT2D eigenvalue weighted by atomic mass is 16.6. The van der Waals surface area contributed by atoms with Crippen molar-refractivity contribution in [2.75, 3.05) is 11.9 Å². The van der Waals surface area contributed by atoms with Crippen LogP contribution in [0.2, 0.25) is 0 Å². The number of hydrogen-bond acceptors (Lipinski definition) is 6. The molecule has 1 aliphatic rings. The van der Waals surface area contributed by atoms with E-state index in [1.54, 1.807) is 24.5 Å². The van der Waals surface area contributed by atoms with Crippen molar-refractivity contribution in [1.29, 1.82) is 0 Å². The van der Waals surface area contributed by atoms with Crippen LogP contribution in [0.5, 0.6) is 5.75 Å². The first-order chi connectivity index (χ1) is 16.9. The molecule has 1 saturated heterocycles. The molecule has 4 rings (SSSR count). The topological polar surface area (TPSA) is 135 Å². The number of nitro groups is 1. The molecule has 0 unspecified atom stereocenters. The Labute approximate surface area is 203 Å². The maximum Gasteiger partial charge on any atom is 0.316 e. The first kappa shape index (κ1) is 24.2. The van der Waals surface area contributed by atoms with Gasteiger partial charge in [-0.25, -0.2) is 4.79 Å². The second-order valence-corrected chi connectivity index (χ2v) is 8.77. The molecule has 4 N–H and O–H groups in total. The van der Waals surface area contributed by atoms with Gasteiger partial charge in [0, 0.05) is 30.4 Å². The zero-order valence-corrected chi connectivity index (χ0v) is 19.5. The summed E-state index contributed by atoms with van der Waals surface area (Å²) in [4.78, 5) is 30.2. The average molecular weight is 476 g/mol. The third-order valence-electron chi connectivity index (χ3n) is 6.66. The van der Waals surface area contributed by atoms with Crippen LogP contribution in [0.25, 0.3) is 0 Å². The van der Waals surface area contributed by atoms with Crippen molar-refractivity contribution in [3.63, 3.8) is 0 Å². The number of piperidine rings is 1. The van der Waals surface area contributed by atoms with Gasteiger partial charge in [-0.2, -0.15) is 0 Å². The molecule has 3 aromatic rings. The molecule has 9 nitrogen and oxygen atoms in total. The zero-order valence-electron chi connectivity index (χ0n) is 19.5. The Kier molecular flexibility index (Phi) is 7.26. The standard InChI is InChI=1S/C26H29N5O4/c1-2-18-7-3-4-8-20(18)21-11-13-30(16-17-6-5-12-28-15-17)24(25(21)31(34)35)19-9-10-23(32)22(14-19)29-26(27)33/h3-10,12,14-15,21,24-25,32H,2,11,13,16H2,1H3,(H3,27,29,33)/t21-,24+,25-/m1/s1. The number of benzene rings is 2. The molecular weight excluding hydrogens is 446 g/mol. The van der Waals surface area contributed by atoms with Crippen molar-refractivity contribution in [3.05, 3.63) is 99.4 Å². The molecule has 9 heteroatoms. The summed E-state index contributed by atoms with van der Waals surface area (Å²) in [6, 6.07) is 14.0. The Morgan fingerprint density at radius 1 is 1.26 bits per heavy atom. The summed E-state index contributed by atoms with van der Waals surface area (Å²) in [5.41, 5.74) is 9.06. The van der Waals surface area contributed by atoms with Crippen LogP contribution >= 0.6 is 0 Å². The van der Waals surface area contributed by atoms with Gasteiger partial charge < -0.3 is 16.2 Å². The number of phenols is 1.